The van der Waals surface area contributed by atoms with Crippen LogP contribution in [0.3, 0.4) is 0 Å². The molecule has 0 aliphatic carbocycles. The molecular weight excluding hydrogens is 176 g/mol. The monoisotopic (exact) mass is 192 g/mol. The second kappa shape index (κ2) is 4.52. The Morgan fingerprint density at radius 1 is 1.31 bits per heavy atom. The fraction of sp³-hybridized carbons (Fsp3) is 0.333. The van der Waals surface area contributed by atoms with Crippen molar-refractivity contribution in [2.75, 3.05) is 0 Å². The Kier molecular flexibility index (Phi) is 3.61. The van der Waals surface area contributed by atoms with Gasteiger partial charge in [-0.15, -0.1) is 12.6 Å². The van der Waals surface area contributed by atoms with E-state index in [9.17, 15) is 0 Å². The van der Waals surface area contributed by atoms with Gasteiger partial charge in [-0.25, -0.2) is 0 Å². The Labute approximate surface area is 86.1 Å². The Bertz CT molecular complexity index is 311. The summed E-state index contributed by atoms with van der Waals surface area (Å²) in [4.78, 5) is 1.06. The molecule has 1 rings (SSSR count). The minimum atomic E-state index is 0.575. The average Bonchev–Trinajstić information content (AvgIpc) is 2.08. The molecule has 0 radical (unpaired) electrons. The number of rotatable bonds is 2. The third kappa shape index (κ3) is 2.63. The maximum Gasteiger partial charge on any atom is 0.0115 e. The molecule has 0 aliphatic heterocycles. The summed E-state index contributed by atoms with van der Waals surface area (Å²) in [5.41, 5.74) is 2.54. The molecule has 1 aromatic carbocycles. The van der Waals surface area contributed by atoms with Crippen LogP contribution in [-0.4, -0.2) is 0 Å². The number of allylic oxidation sites excluding steroid dienone is 1. The van der Waals surface area contributed by atoms with Gasteiger partial charge in [-0.05, 0) is 30.0 Å². The van der Waals surface area contributed by atoms with E-state index in [1.54, 1.807) is 0 Å². The van der Waals surface area contributed by atoms with Crippen molar-refractivity contribution in [1.29, 1.82) is 0 Å². The van der Waals surface area contributed by atoms with Gasteiger partial charge in [0.2, 0.25) is 0 Å². The van der Waals surface area contributed by atoms with Crippen molar-refractivity contribution in [2.24, 2.45) is 0 Å². The maximum atomic E-state index is 4.44. The molecule has 1 aromatic rings. The van der Waals surface area contributed by atoms with Crippen LogP contribution in [0.15, 0.2) is 29.2 Å². The van der Waals surface area contributed by atoms with Gasteiger partial charge in [-0.3, -0.25) is 0 Å². The second-order valence-electron chi connectivity index (χ2n) is 3.47. The van der Waals surface area contributed by atoms with Crippen molar-refractivity contribution in [3.8, 4) is 0 Å². The molecule has 0 spiro atoms. The minimum Gasteiger partial charge on any atom is -0.143 e. The highest BCUT2D eigenvalue weighted by molar-refractivity contribution is 7.80. The zero-order valence-electron chi connectivity index (χ0n) is 8.41. The smallest absolute Gasteiger partial charge is 0.0115 e. The van der Waals surface area contributed by atoms with Crippen molar-refractivity contribution in [3.63, 3.8) is 0 Å². The fourth-order valence-electron chi connectivity index (χ4n) is 1.24. The molecule has 0 saturated heterocycles. The van der Waals surface area contributed by atoms with E-state index >= 15 is 0 Å². The topological polar surface area (TPSA) is 0 Å². The molecule has 0 fully saturated rings. The first kappa shape index (κ1) is 10.4. The van der Waals surface area contributed by atoms with Crippen LogP contribution in [0.25, 0.3) is 6.08 Å². The summed E-state index contributed by atoms with van der Waals surface area (Å²) < 4.78 is 0. The quantitative estimate of drug-likeness (QED) is 0.669. The SMILES string of the molecule is C/C=C\c1ccc(C(C)C)cc1S. The molecule has 0 amide bonds. The number of hydrogen-bond donors (Lipinski definition) is 1. The number of benzene rings is 1. The highest BCUT2D eigenvalue weighted by atomic mass is 32.1. The lowest BCUT2D eigenvalue weighted by Gasteiger charge is -2.07. The van der Waals surface area contributed by atoms with Crippen LogP contribution in [0.2, 0.25) is 0 Å². The Morgan fingerprint density at radius 2 is 2.00 bits per heavy atom. The molecule has 0 saturated carbocycles. The van der Waals surface area contributed by atoms with E-state index in [0.29, 0.717) is 5.92 Å². The van der Waals surface area contributed by atoms with E-state index in [0.717, 1.165) is 4.90 Å². The van der Waals surface area contributed by atoms with Crippen LogP contribution >= 0.6 is 12.6 Å². The minimum absolute atomic E-state index is 0.575. The second-order valence-corrected chi connectivity index (χ2v) is 3.95. The zero-order chi connectivity index (χ0) is 9.84. The first-order valence-corrected chi connectivity index (χ1v) is 5.05. The lowest BCUT2D eigenvalue weighted by molar-refractivity contribution is 0.862. The van der Waals surface area contributed by atoms with Gasteiger partial charge in [0.1, 0.15) is 0 Å². The van der Waals surface area contributed by atoms with Gasteiger partial charge < -0.3 is 0 Å². The molecule has 0 atom stereocenters. The molecular formula is C12H16S. The first-order valence-electron chi connectivity index (χ1n) is 4.60. The average molecular weight is 192 g/mol. The Morgan fingerprint density at radius 3 is 2.46 bits per heavy atom. The van der Waals surface area contributed by atoms with Crippen molar-refractivity contribution < 1.29 is 0 Å². The molecule has 0 aromatic heterocycles. The molecule has 1 heteroatoms. The zero-order valence-corrected chi connectivity index (χ0v) is 9.31. The van der Waals surface area contributed by atoms with Crippen LogP contribution in [0, 0.1) is 0 Å². The van der Waals surface area contributed by atoms with Crippen LogP contribution in [-0.2, 0) is 0 Å². The first-order chi connectivity index (χ1) is 6.15. The molecule has 0 heterocycles. The van der Waals surface area contributed by atoms with Crippen LogP contribution in [0.4, 0.5) is 0 Å². The summed E-state index contributed by atoms with van der Waals surface area (Å²) >= 11 is 4.44. The standard InChI is InChI=1S/C12H16S/c1-4-5-10-6-7-11(9(2)3)8-12(10)13/h4-9,13H,1-3H3/b5-4-. The van der Waals surface area contributed by atoms with Crippen LogP contribution < -0.4 is 0 Å². The summed E-state index contributed by atoms with van der Waals surface area (Å²) in [6, 6.07) is 6.43. The van der Waals surface area contributed by atoms with Gasteiger partial charge in [0.05, 0.1) is 0 Å². The van der Waals surface area contributed by atoms with Gasteiger partial charge in [0.25, 0.3) is 0 Å². The van der Waals surface area contributed by atoms with E-state index in [4.69, 9.17) is 0 Å². The lowest BCUT2D eigenvalue weighted by atomic mass is 10.0. The lowest BCUT2D eigenvalue weighted by Crippen LogP contribution is -1.88. The van der Waals surface area contributed by atoms with Crippen molar-refractivity contribution in [3.05, 3.63) is 35.4 Å². The van der Waals surface area contributed by atoms with E-state index in [-0.39, 0.29) is 0 Å². The molecule has 13 heavy (non-hydrogen) atoms. The molecule has 0 N–H and O–H groups in total. The maximum absolute atomic E-state index is 4.44. The predicted octanol–water partition coefficient (Wildman–Crippen LogP) is 4.13. The number of hydrogen-bond acceptors (Lipinski definition) is 1. The molecule has 0 bridgehead atoms. The van der Waals surface area contributed by atoms with Crippen molar-refractivity contribution >= 4 is 18.7 Å². The summed E-state index contributed by atoms with van der Waals surface area (Å²) in [5.74, 6) is 0.575. The van der Waals surface area contributed by atoms with E-state index < -0.39 is 0 Å². The van der Waals surface area contributed by atoms with Gasteiger partial charge in [0, 0.05) is 4.90 Å². The van der Waals surface area contributed by atoms with Crippen molar-refractivity contribution in [1.82, 2.24) is 0 Å². The summed E-state index contributed by atoms with van der Waals surface area (Å²) in [5, 5.41) is 0. The van der Waals surface area contributed by atoms with Crippen LogP contribution in [0.1, 0.15) is 37.8 Å². The predicted molar refractivity (Wildman–Crippen MR) is 62.5 cm³/mol. The Balaban J connectivity index is 3.05. The van der Waals surface area contributed by atoms with Gasteiger partial charge in [-0.1, -0.05) is 38.1 Å². The van der Waals surface area contributed by atoms with Crippen LogP contribution in [0.5, 0.6) is 0 Å². The van der Waals surface area contributed by atoms with Crippen molar-refractivity contribution in [2.45, 2.75) is 31.6 Å². The summed E-state index contributed by atoms with van der Waals surface area (Å²) in [6.07, 6.45) is 4.11. The van der Waals surface area contributed by atoms with Gasteiger partial charge >= 0.3 is 0 Å². The summed E-state index contributed by atoms with van der Waals surface area (Å²) in [6.45, 7) is 6.40. The molecule has 0 unspecified atom stereocenters. The van der Waals surface area contributed by atoms with Gasteiger partial charge in [0.15, 0.2) is 0 Å². The molecule has 0 nitrogen and oxygen atoms in total. The van der Waals surface area contributed by atoms with E-state index in [1.165, 1.54) is 11.1 Å². The fourth-order valence-corrected chi connectivity index (χ4v) is 1.54. The largest absolute Gasteiger partial charge is 0.143 e. The highest BCUT2D eigenvalue weighted by Gasteiger charge is 2.01. The normalized spacial score (nSPS) is 11.5. The highest BCUT2D eigenvalue weighted by Crippen LogP contribution is 2.22. The third-order valence-electron chi connectivity index (χ3n) is 2.07. The summed E-state index contributed by atoms with van der Waals surface area (Å²) in [7, 11) is 0. The Hall–Kier alpha value is -0.690. The van der Waals surface area contributed by atoms with E-state index in [1.807, 2.05) is 13.0 Å². The molecule has 70 valence electrons. The van der Waals surface area contributed by atoms with E-state index in [2.05, 4.69) is 50.8 Å². The molecule has 0 aliphatic rings. The van der Waals surface area contributed by atoms with Gasteiger partial charge in [-0.2, -0.15) is 0 Å². The number of thiol groups is 1. The third-order valence-corrected chi connectivity index (χ3v) is 2.45.